The Morgan fingerprint density at radius 1 is 0.778 bits per heavy atom. The molecule has 2 nitrogen and oxygen atoms in total. The number of hydrogen-bond donors (Lipinski definition) is 2. The summed E-state index contributed by atoms with van der Waals surface area (Å²) in [6, 6.07) is 0. The number of halogens is 3. The molecule has 5 fully saturated rings. The summed E-state index contributed by atoms with van der Waals surface area (Å²) in [6.07, 6.45) is 11.4. The van der Waals surface area contributed by atoms with Gasteiger partial charge in [-0.25, -0.2) is 0 Å². The van der Waals surface area contributed by atoms with Gasteiger partial charge in [0.15, 0.2) is 5.60 Å². The Morgan fingerprint density at radius 2 is 1.47 bits per heavy atom. The lowest BCUT2D eigenvalue weighted by Gasteiger charge is -2.62. The van der Waals surface area contributed by atoms with E-state index in [1.165, 1.54) is 44.9 Å². The van der Waals surface area contributed by atoms with Crippen molar-refractivity contribution >= 4 is 0 Å². The molecule has 36 heavy (non-hydrogen) atoms. The smallest absolute Gasteiger partial charge is 0.390 e. The molecule has 0 aromatic carbocycles. The van der Waals surface area contributed by atoms with Crippen molar-refractivity contribution in [2.24, 2.45) is 46.3 Å². The maximum atomic E-state index is 13.6. The molecule has 208 valence electrons. The molecule has 5 rings (SSSR count). The van der Waals surface area contributed by atoms with Crippen LogP contribution in [0.2, 0.25) is 0 Å². The Labute approximate surface area is 217 Å². The van der Waals surface area contributed by atoms with Crippen molar-refractivity contribution in [3.8, 4) is 0 Å². The van der Waals surface area contributed by atoms with E-state index in [1.807, 2.05) is 0 Å². The number of alkyl halides is 3. The molecular weight excluding hydrogens is 461 g/mol. The van der Waals surface area contributed by atoms with Crippen LogP contribution >= 0.6 is 0 Å². The van der Waals surface area contributed by atoms with Crippen LogP contribution in [0.4, 0.5) is 13.2 Å². The highest BCUT2D eigenvalue weighted by Crippen LogP contribution is 2.69. The van der Waals surface area contributed by atoms with Gasteiger partial charge >= 0.3 is 6.18 Å². The monoisotopic (exact) mass is 512 g/mol. The van der Waals surface area contributed by atoms with Gasteiger partial charge < -0.3 is 10.2 Å². The molecule has 0 saturated heterocycles. The van der Waals surface area contributed by atoms with E-state index < -0.39 is 17.4 Å². The van der Waals surface area contributed by atoms with E-state index in [0.29, 0.717) is 29.6 Å². The zero-order valence-electron chi connectivity index (χ0n) is 23.0. The van der Waals surface area contributed by atoms with Gasteiger partial charge in [-0.15, -0.1) is 0 Å². The predicted octanol–water partition coefficient (Wildman–Crippen LogP) is 8.44. The first-order chi connectivity index (χ1) is 16.8. The molecule has 0 heterocycles. The normalized spacial score (nSPS) is 51.3. The molecule has 5 saturated carbocycles. The van der Waals surface area contributed by atoms with Gasteiger partial charge in [0.2, 0.25) is 0 Å². The summed E-state index contributed by atoms with van der Waals surface area (Å²) in [5.74, 6) is 3.38. The van der Waals surface area contributed by atoms with Crippen LogP contribution in [0.3, 0.4) is 0 Å². The Morgan fingerprint density at radius 3 is 2.14 bits per heavy atom. The van der Waals surface area contributed by atoms with Crippen molar-refractivity contribution in [2.45, 2.75) is 147 Å². The van der Waals surface area contributed by atoms with Crippen LogP contribution in [-0.4, -0.2) is 27.6 Å². The van der Waals surface area contributed by atoms with Crippen molar-refractivity contribution in [2.75, 3.05) is 0 Å². The molecule has 5 aliphatic carbocycles. The maximum absolute atomic E-state index is 13.6. The van der Waals surface area contributed by atoms with E-state index in [9.17, 15) is 23.4 Å². The molecule has 0 aromatic rings. The van der Waals surface area contributed by atoms with Crippen molar-refractivity contribution in [3.05, 3.63) is 0 Å². The summed E-state index contributed by atoms with van der Waals surface area (Å²) < 4.78 is 40.9. The van der Waals surface area contributed by atoms with E-state index in [0.717, 1.165) is 56.8 Å². The minimum absolute atomic E-state index is 0.00998. The fourth-order valence-electron chi connectivity index (χ4n) is 10.6. The van der Waals surface area contributed by atoms with Gasteiger partial charge in [-0.3, -0.25) is 0 Å². The zero-order valence-corrected chi connectivity index (χ0v) is 23.0. The number of hydrogen-bond acceptors (Lipinski definition) is 2. The SMILES string of the molecule is CCC1CCC(O)(CCC[C@@H]2CC[C@H]3[C@@H]4CC[C@H]5C[C@](O)(C(F)(F)F)CC[C@]5(C)[C@H]4CC[C@]23C)CC1. The third-order valence-electron chi connectivity index (χ3n) is 13.3. The first kappa shape index (κ1) is 27.3. The van der Waals surface area contributed by atoms with Gasteiger partial charge in [-0.1, -0.05) is 33.6 Å². The molecule has 0 aliphatic heterocycles. The molecule has 0 bridgehead atoms. The molecule has 0 amide bonds. The first-order valence-corrected chi connectivity index (χ1v) is 15.3. The third-order valence-corrected chi connectivity index (χ3v) is 13.3. The minimum atomic E-state index is -4.52. The van der Waals surface area contributed by atoms with Crippen LogP contribution < -0.4 is 0 Å². The van der Waals surface area contributed by atoms with E-state index in [2.05, 4.69) is 20.8 Å². The van der Waals surface area contributed by atoms with Gasteiger partial charge in [0.1, 0.15) is 0 Å². The van der Waals surface area contributed by atoms with Crippen molar-refractivity contribution < 1.29 is 23.4 Å². The second-order valence-electron chi connectivity index (χ2n) is 14.7. The molecule has 0 aromatic heterocycles. The second kappa shape index (κ2) is 9.42. The van der Waals surface area contributed by atoms with Gasteiger partial charge in [0.25, 0.3) is 0 Å². The molecule has 2 N–H and O–H groups in total. The highest BCUT2D eigenvalue weighted by molar-refractivity contribution is 5.11. The van der Waals surface area contributed by atoms with Crippen LogP contribution in [0, 0.1) is 46.3 Å². The summed E-state index contributed by atoms with van der Waals surface area (Å²) in [5, 5.41) is 21.6. The van der Waals surface area contributed by atoms with Crippen LogP contribution in [0.15, 0.2) is 0 Å². The Hall–Kier alpha value is -0.290. The highest BCUT2D eigenvalue weighted by atomic mass is 19.4. The van der Waals surface area contributed by atoms with E-state index in [1.54, 1.807) is 0 Å². The molecule has 5 aliphatic rings. The first-order valence-electron chi connectivity index (χ1n) is 15.3. The Bertz CT molecular complexity index is 789. The summed E-state index contributed by atoms with van der Waals surface area (Å²) in [5.41, 5.74) is -2.62. The topological polar surface area (TPSA) is 40.5 Å². The molecule has 8 atom stereocenters. The minimum Gasteiger partial charge on any atom is -0.390 e. The average Bonchev–Trinajstić information content (AvgIpc) is 3.16. The summed E-state index contributed by atoms with van der Waals surface area (Å²) in [7, 11) is 0. The third kappa shape index (κ3) is 4.48. The fourth-order valence-corrected chi connectivity index (χ4v) is 10.6. The molecule has 0 radical (unpaired) electrons. The highest BCUT2D eigenvalue weighted by Gasteiger charge is 2.64. The quantitative estimate of drug-likeness (QED) is 0.388. The molecular formula is C31H51F3O2. The Kier molecular flexibility index (Phi) is 7.14. The molecule has 0 spiro atoms. The van der Waals surface area contributed by atoms with Crippen LogP contribution in [-0.2, 0) is 0 Å². The number of rotatable bonds is 5. The summed E-state index contributed by atoms with van der Waals surface area (Å²) in [4.78, 5) is 0. The molecule has 5 heteroatoms. The zero-order chi connectivity index (χ0) is 26.0. The van der Waals surface area contributed by atoms with Crippen molar-refractivity contribution in [3.63, 3.8) is 0 Å². The summed E-state index contributed by atoms with van der Waals surface area (Å²) >= 11 is 0. The van der Waals surface area contributed by atoms with Gasteiger partial charge in [-0.05, 0) is 143 Å². The standard InChI is InChI=1S/C31H51F3O2/c1-4-21-11-16-29(35,17-12-21)14-5-6-22-8-10-25-24-9-7-23-20-30(36,31(32,33)34)19-18-28(23,3)26(24)13-15-27(22,25)2/h21-26,35-36H,4-20H2,1-3H3/t21?,22-,23+,24+,25+,26+,27-,28+,29?,30+/m1/s1. The second-order valence-corrected chi connectivity index (χ2v) is 14.7. The van der Waals surface area contributed by atoms with Crippen molar-refractivity contribution in [1.82, 2.24) is 0 Å². The van der Waals surface area contributed by atoms with Crippen LogP contribution in [0.25, 0.3) is 0 Å². The largest absolute Gasteiger partial charge is 0.417 e. The van der Waals surface area contributed by atoms with E-state index in [4.69, 9.17) is 0 Å². The number of aliphatic hydroxyl groups is 2. The number of fused-ring (bicyclic) bond motifs is 5. The lowest BCUT2D eigenvalue weighted by atomic mass is 9.43. The van der Waals surface area contributed by atoms with E-state index >= 15 is 0 Å². The fraction of sp³-hybridized carbons (Fsp3) is 1.00. The predicted molar refractivity (Wildman–Crippen MR) is 137 cm³/mol. The molecule has 0 unspecified atom stereocenters. The Balaban J connectivity index is 1.20. The van der Waals surface area contributed by atoms with Gasteiger partial charge in [0.05, 0.1) is 5.60 Å². The van der Waals surface area contributed by atoms with Gasteiger partial charge in [0, 0.05) is 0 Å². The maximum Gasteiger partial charge on any atom is 0.417 e. The van der Waals surface area contributed by atoms with Crippen LogP contribution in [0.1, 0.15) is 130 Å². The lowest BCUT2D eigenvalue weighted by molar-refractivity contribution is -0.290. The summed E-state index contributed by atoms with van der Waals surface area (Å²) in [6.45, 7) is 7.07. The van der Waals surface area contributed by atoms with Crippen molar-refractivity contribution in [1.29, 1.82) is 0 Å². The lowest BCUT2D eigenvalue weighted by Crippen LogP contribution is -2.59. The van der Waals surface area contributed by atoms with E-state index in [-0.39, 0.29) is 24.2 Å². The average molecular weight is 513 g/mol. The van der Waals surface area contributed by atoms with Gasteiger partial charge in [-0.2, -0.15) is 13.2 Å². The van der Waals surface area contributed by atoms with Crippen LogP contribution in [0.5, 0.6) is 0 Å².